The summed E-state index contributed by atoms with van der Waals surface area (Å²) in [6.07, 6.45) is 5.56. The Hall–Kier alpha value is -0.770. The third-order valence-corrected chi connectivity index (χ3v) is 3.11. The molecule has 0 aromatic heterocycles. The van der Waals surface area contributed by atoms with E-state index in [-0.39, 0.29) is 11.6 Å². The van der Waals surface area contributed by atoms with E-state index in [9.17, 15) is 4.79 Å². The minimum atomic E-state index is -0.196. The van der Waals surface area contributed by atoms with Crippen molar-refractivity contribution in [1.82, 2.24) is 10.2 Å². The molecule has 1 aliphatic heterocycles. The van der Waals surface area contributed by atoms with Crippen LogP contribution in [0.2, 0.25) is 0 Å². The van der Waals surface area contributed by atoms with Gasteiger partial charge in [-0.3, -0.25) is 0 Å². The summed E-state index contributed by atoms with van der Waals surface area (Å²) in [5, 5.41) is 3.06. The average Bonchev–Trinajstić information content (AvgIpc) is 2.44. The molecule has 3 N–H and O–H groups in total. The summed E-state index contributed by atoms with van der Waals surface area (Å²) in [5.74, 6) is 0. The molecule has 94 valence electrons. The summed E-state index contributed by atoms with van der Waals surface area (Å²) in [6.45, 7) is 6.44. The van der Waals surface area contributed by atoms with E-state index < -0.39 is 0 Å². The summed E-state index contributed by atoms with van der Waals surface area (Å²) < 4.78 is 0. The molecule has 4 heteroatoms. The van der Waals surface area contributed by atoms with Crippen LogP contribution in [0.3, 0.4) is 0 Å². The first-order valence-corrected chi connectivity index (χ1v) is 6.32. The molecule has 0 unspecified atom stereocenters. The number of amides is 2. The van der Waals surface area contributed by atoms with Crippen LogP contribution < -0.4 is 11.1 Å². The third kappa shape index (κ3) is 4.39. The quantitative estimate of drug-likeness (QED) is 0.771. The maximum absolute atomic E-state index is 12.0. The third-order valence-electron chi connectivity index (χ3n) is 3.11. The molecule has 0 spiro atoms. The van der Waals surface area contributed by atoms with Crippen molar-refractivity contribution in [3.63, 3.8) is 0 Å². The summed E-state index contributed by atoms with van der Waals surface area (Å²) in [7, 11) is 0. The van der Waals surface area contributed by atoms with Crippen molar-refractivity contribution in [3.8, 4) is 0 Å². The fourth-order valence-electron chi connectivity index (χ4n) is 2.07. The maximum Gasteiger partial charge on any atom is 0.317 e. The highest BCUT2D eigenvalue weighted by Gasteiger charge is 2.23. The Bertz CT molecular complexity index is 220. The lowest BCUT2D eigenvalue weighted by Gasteiger charge is -2.30. The molecule has 1 fully saturated rings. The fourth-order valence-corrected chi connectivity index (χ4v) is 2.07. The van der Waals surface area contributed by atoms with Crippen LogP contribution in [-0.4, -0.2) is 36.1 Å². The van der Waals surface area contributed by atoms with Crippen molar-refractivity contribution < 1.29 is 4.79 Å². The highest BCUT2D eigenvalue weighted by atomic mass is 16.2. The largest absolute Gasteiger partial charge is 0.333 e. The van der Waals surface area contributed by atoms with E-state index in [1.807, 2.05) is 18.7 Å². The van der Waals surface area contributed by atoms with Crippen LogP contribution in [0.1, 0.15) is 46.0 Å². The molecule has 1 aliphatic rings. The van der Waals surface area contributed by atoms with Crippen LogP contribution in [0, 0.1) is 0 Å². The van der Waals surface area contributed by atoms with Crippen molar-refractivity contribution in [2.75, 3.05) is 19.6 Å². The SMILES string of the molecule is CC(C)(CCN)NC(=O)N1CCCCCC1. The van der Waals surface area contributed by atoms with Crippen LogP contribution in [0.15, 0.2) is 0 Å². The van der Waals surface area contributed by atoms with E-state index in [2.05, 4.69) is 5.32 Å². The molecule has 1 heterocycles. The Morgan fingerprint density at radius 1 is 1.25 bits per heavy atom. The first-order valence-electron chi connectivity index (χ1n) is 6.32. The highest BCUT2D eigenvalue weighted by molar-refractivity contribution is 5.75. The zero-order chi connectivity index (χ0) is 12.0. The minimum Gasteiger partial charge on any atom is -0.333 e. The van der Waals surface area contributed by atoms with E-state index in [4.69, 9.17) is 5.73 Å². The normalized spacial score (nSPS) is 18.1. The molecule has 0 saturated carbocycles. The Morgan fingerprint density at radius 2 is 1.81 bits per heavy atom. The predicted octanol–water partition coefficient (Wildman–Crippen LogP) is 1.70. The number of hydrogen-bond donors (Lipinski definition) is 2. The molecule has 0 aromatic rings. The van der Waals surface area contributed by atoms with Crippen molar-refractivity contribution in [2.24, 2.45) is 5.73 Å². The molecule has 1 rings (SSSR count). The number of hydrogen-bond acceptors (Lipinski definition) is 2. The van der Waals surface area contributed by atoms with E-state index >= 15 is 0 Å². The van der Waals surface area contributed by atoms with Gasteiger partial charge in [-0.05, 0) is 39.7 Å². The lowest BCUT2D eigenvalue weighted by atomic mass is 10.0. The van der Waals surface area contributed by atoms with Crippen molar-refractivity contribution in [3.05, 3.63) is 0 Å². The topological polar surface area (TPSA) is 58.4 Å². The van der Waals surface area contributed by atoms with Crippen molar-refractivity contribution >= 4 is 6.03 Å². The van der Waals surface area contributed by atoms with Gasteiger partial charge in [0.05, 0.1) is 0 Å². The fraction of sp³-hybridized carbons (Fsp3) is 0.917. The lowest BCUT2D eigenvalue weighted by Crippen LogP contribution is -2.51. The monoisotopic (exact) mass is 227 g/mol. The number of nitrogens with two attached hydrogens (primary N) is 1. The first kappa shape index (κ1) is 13.3. The number of nitrogens with one attached hydrogen (secondary N) is 1. The van der Waals surface area contributed by atoms with Gasteiger partial charge in [-0.25, -0.2) is 4.79 Å². The number of nitrogens with zero attached hydrogens (tertiary/aromatic N) is 1. The standard InChI is InChI=1S/C12H25N3O/c1-12(2,7-8-13)14-11(16)15-9-5-3-4-6-10-15/h3-10,13H2,1-2H3,(H,14,16). The van der Waals surface area contributed by atoms with E-state index in [1.54, 1.807) is 0 Å². The maximum atomic E-state index is 12.0. The second-order valence-corrected chi connectivity index (χ2v) is 5.25. The van der Waals surface area contributed by atoms with E-state index in [1.165, 1.54) is 12.8 Å². The molecule has 1 saturated heterocycles. The minimum absolute atomic E-state index is 0.0698. The summed E-state index contributed by atoms with van der Waals surface area (Å²) in [5.41, 5.74) is 5.33. The number of carbonyl (C=O) groups is 1. The molecule has 0 radical (unpaired) electrons. The Balaban J connectivity index is 2.43. The van der Waals surface area contributed by atoms with Crippen molar-refractivity contribution in [1.29, 1.82) is 0 Å². The van der Waals surface area contributed by atoms with Gasteiger partial charge in [-0.1, -0.05) is 12.8 Å². The molecule has 0 aromatic carbocycles. The highest BCUT2D eigenvalue weighted by Crippen LogP contribution is 2.12. The van der Waals surface area contributed by atoms with Gasteiger partial charge in [0.25, 0.3) is 0 Å². The van der Waals surface area contributed by atoms with Gasteiger partial charge in [-0.15, -0.1) is 0 Å². The van der Waals surface area contributed by atoms with E-state index in [0.29, 0.717) is 6.54 Å². The van der Waals surface area contributed by atoms with Crippen LogP contribution >= 0.6 is 0 Å². The van der Waals surface area contributed by atoms with Crippen molar-refractivity contribution in [2.45, 2.75) is 51.5 Å². The zero-order valence-corrected chi connectivity index (χ0v) is 10.6. The number of urea groups is 1. The van der Waals surface area contributed by atoms with Gasteiger partial charge in [0, 0.05) is 18.6 Å². The number of likely N-dealkylation sites (tertiary alicyclic amines) is 1. The van der Waals surface area contributed by atoms with Crippen LogP contribution in [0.25, 0.3) is 0 Å². The summed E-state index contributed by atoms with van der Waals surface area (Å²) in [6, 6.07) is 0.0698. The molecule has 0 aliphatic carbocycles. The lowest BCUT2D eigenvalue weighted by molar-refractivity contribution is 0.187. The van der Waals surface area contributed by atoms with Crippen LogP contribution in [0.5, 0.6) is 0 Å². The smallest absolute Gasteiger partial charge is 0.317 e. The van der Waals surface area contributed by atoms with Crippen LogP contribution in [-0.2, 0) is 0 Å². The molecule has 0 bridgehead atoms. The number of rotatable bonds is 3. The zero-order valence-electron chi connectivity index (χ0n) is 10.6. The second-order valence-electron chi connectivity index (χ2n) is 5.25. The first-order chi connectivity index (χ1) is 7.55. The van der Waals surface area contributed by atoms with Crippen LogP contribution in [0.4, 0.5) is 4.79 Å². The molecular formula is C12H25N3O. The van der Waals surface area contributed by atoms with Gasteiger partial charge < -0.3 is 16.0 Å². The summed E-state index contributed by atoms with van der Waals surface area (Å²) in [4.78, 5) is 14.0. The molecule has 16 heavy (non-hydrogen) atoms. The van der Waals surface area contributed by atoms with Gasteiger partial charge in [0.1, 0.15) is 0 Å². The van der Waals surface area contributed by atoms with Gasteiger partial charge in [0.2, 0.25) is 0 Å². The summed E-state index contributed by atoms with van der Waals surface area (Å²) >= 11 is 0. The molecule has 4 nitrogen and oxygen atoms in total. The predicted molar refractivity (Wildman–Crippen MR) is 66.3 cm³/mol. The average molecular weight is 227 g/mol. The second kappa shape index (κ2) is 6.09. The van der Waals surface area contributed by atoms with E-state index in [0.717, 1.165) is 32.4 Å². The Labute approximate surface area is 98.6 Å². The molecule has 2 amide bonds. The number of carbonyl (C=O) groups excluding carboxylic acids is 1. The Morgan fingerprint density at radius 3 is 2.31 bits per heavy atom. The molecule has 0 atom stereocenters. The Kier molecular flexibility index (Phi) is 5.06. The van der Waals surface area contributed by atoms with Gasteiger partial charge in [-0.2, -0.15) is 0 Å². The molecular weight excluding hydrogens is 202 g/mol. The van der Waals surface area contributed by atoms with Gasteiger partial charge in [0.15, 0.2) is 0 Å². The van der Waals surface area contributed by atoms with Gasteiger partial charge >= 0.3 is 6.03 Å².